The van der Waals surface area contributed by atoms with Crippen LogP contribution in [0.15, 0.2) is 30.3 Å². The number of carbonyl (C=O) groups is 3. The SMILES string of the molecule is Cc1nn(C)c(C)c1NC(=O)[C@@H](C)OC(=O)CCC(=O)c1ccccc1. The van der Waals surface area contributed by atoms with Gasteiger partial charge < -0.3 is 10.1 Å². The molecule has 0 fully saturated rings. The highest BCUT2D eigenvalue weighted by Gasteiger charge is 2.21. The maximum absolute atomic E-state index is 12.2. The normalized spacial score (nSPS) is 11.7. The van der Waals surface area contributed by atoms with Crippen LogP contribution in [0.4, 0.5) is 5.69 Å². The molecule has 1 aromatic carbocycles. The number of ketones is 1. The molecule has 138 valence electrons. The summed E-state index contributed by atoms with van der Waals surface area (Å²) < 4.78 is 6.79. The van der Waals surface area contributed by atoms with Crippen LogP contribution in [0.25, 0.3) is 0 Å². The van der Waals surface area contributed by atoms with E-state index >= 15 is 0 Å². The third-order valence-corrected chi connectivity index (χ3v) is 4.09. The Morgan fingerprint density at radius 2 is 1.81 bits per heavy atom. The van der Waals surface area contributed by atoms with E-state index in [0.717, 1.165) is 5.69 Å². The molecule has 7 heteroatoms. The van der Waals surface area contributed by atoms with Crippen LogP contribution in [-0.2, 0) is 21.4 Å². The van der Waals surface area contributed by atoms with E-state index in [-0.39, 0.29) is 18.6 Å². The van der Waals surface area contributed by atoms with E-state index in [1.807, 2.05) is 13.0 Å². The van der Waals surface area contributed by atoms with E-state index in [1.165, 1.54) is 6.92 Å². The van der Waals surface area contributed by atoms with Crippen LogP contribution < -0.4 is 5.32 Å². The highest BCUT2D eigenvalue weighted by atomic mass is 16.5. The van der Waals surface area contributed by atoms with Gasteiger partial charge in [-0.2, -0.15) is 5.10 Å². The van der Waals surface area contributed by atoms with Crippen LogP contribution in [0, 0.1) is 13.8 Å². The number of benzene rings is 1. The van der Waals surface area contributed by atoms with E-state index in [9.17, 15) is 14.4 Å². The van der Waals surface area contributed by atoms with Gasteiger partial charge in [-0.05, 0) is 20.8 Å². The van der Waals surface area contributed by atoms with Gasteiger partial charge in [0, 0.05) is 19.0 Å². The number of nitrogens with one attached hydrogen (secondary N) is 1. The molecule has 1 amide bonds. The number of hydrogen-bond acceptors (Lipinski definition) is 5. The van der Waals surface area contributed by atoms with Crippen molar-refractivity contribution in [3.05, 3.63) is 47.3 Å². The second-order valence-electron chi connectivity index (χ2n) is 6.08. The standard InChI is InChI=1S/C19H23N3O4/c1-12-18(13(2)22(4)21-12)20-19(25)14(3)26-17(24)11-10-16(23)15-8-6-5-7-9-15/h5-9,14H,10-11H2,1-4H3,(H,20,25)/t14-/m1/s1. The fraction of sp³-hybridized carbons (Fsp3) is 0.368. The third kappa shape index (κ3) is 4.78. The summed E-state index contributed by atoms with van der Waals surface area (Å²) in [6, 6.07) is 8.74. The lowest BCUT2D eigenvalue weighted by atomic mass is 10.1. The molecule has 2 rings (SSSR count). The first-order chi connectivity index (χ1) is 12.3. The van der Waals surface area contributed by atoms with Gasteiger partial charge in [-0.3, -0.25) is 19.1 Å². The number of aromatic nitrogens is 2. The summed E-state index contributed by atoms with van der Waals surface area (Å²) in [5, 5.41) is 6.95. The highest BCUT2D eigenvalue weighted by molar-refractivity contribution is 5.98. The van der Waals surface area contributed by atoms with E-state index in [2.05, 4.69) is 10.4 Å². The Morgan fingerprint density at radius 3 is 2.38 bits per heavy atom. The average molecular weight is 357 g/mol. The smallest absolute Gasteiger partial charge is 0.307 e. The molecule has 0 saturated heterocycles. The molecule has 1 atom stereocenters. The fourth-order valence-corrected chi connectivity index (χ4v) is 2.47. The molecular weight excluding hydrogens is 334 g/mol. The van der Waals surface area contributed by atoms with Gasteiger partial charge in [-0.1, -0.05) is 30.3 Å². The molecule has 0 aliphatic rings. The maximum Gasteiger partial charge on any atom is 0.307 e. The minimum Gasteiger partial charge on any atom is -0.453 e. The largest absolute Gasteiger partial charge is 0.453 e. The summed E-state index contributed by atoms with van der Waals surface area (Å²) in [5.41, 5.74) is 2.65. The molecule has 0 saturated carbocycles. The zero-order valence-electron chi connectivity index (χ0n) is 15.4. The Balaban J connectivity index is 1.84. The van der Waals surface area contributed by atoms with Crippen LogP contribution in [-0.4, -0.2) is 33.5 Å². The first-order valence-corrected chi connectivity index (χ1v) is 8.38. The molecule has 1 N–H and O–H groups in total. The molecule has 0 aliphatic heterocycles. The summed E-state index contributed by atoms with van der Waals surface area (Å²) in [6.45, 7) is 5.11. The Hall–Kier alpha value is -2.96. The number of hydrogen-bond donors (Lipinski definition) is 1. The van der Waals surface area contributed by atoms with Crippen LogP contribution in [0.3, 0.4) is 0 Å². The molecular formula is C19H23N3O4. The lowest BCUT2D eigenvalue weighted by Crippen LogP contribution is -2.30. The van der Waals surface area contributed by atoms with Crippen LogP contribution in [0.5, 0.6) is 0 Å². The Kier molecular flexibility index (Phi) is 6.27. The van der Waals surface area contributed by atoms with Gasteiger partial charge >= 0.3 is 5.97 Å². The molecule has 1 aromatic heterocycles. The Labute approximate surface area is 152 Å². The molecule has 0 bridgehead atoms. The monoisotopic (exact) mass is 357 g/mol. The van der Waals surface area contributed by atoms with Crippen molar-refractivity contribution in [3.63, 3.8) is 0 Å². The average Bonchev–Trinajstić information content (AvgIpc) is 2.86. The predicted octanol–water partition coefficient (Wildman–Crippen LogP) is 2.57. The van der Waals surface area contributed by atoms with Gasteiger partial charge in [0.05, 0.1) is 23.5 Å². The van der Waals surface area contributed by atoms with E-state index in [4.69, 9.17) is 4.74 Å². The van der Waals surface area contributed by atoms with Crippen molar-refractivity contribution < 1.29 is 19.1 Å². The molecule has 7 nitrogen and oxygen atoms in total. The summed E-state index contributed by atoms with van der Waals surface area (Å²) in [5.74, 6) is -1.16. The van der Waals surface area contributed by atoms with Crippen molar-refractivity contribution in [1.29, 1.82) is 0 Å². The topological polar surface area (TPSA) is 90.3 Å². The number of rotatable bonds is 7. The summed E-state index contributed by atoms with van der Waals surface area (Å²) >= 11 is 0. The molecule has 1 heterocycles. The zero-order chi connectivity index (χ0) is 19.3. The van der Waals surface area contributed by atoms with Crippen molar-refractivity contribution in [2.45, 2.75) is 39.7 Å². The summed E-state index contributed by atoms with van der Waals surface area (Å²) in [7, 11) is 1.78. The van der Waals surface area contributed by atoms with Crippen molar-refractivity contribution >= 4 is 23.3 Å². The lowest BCUT2D eigenvalue weighted by Gasteiger charge is -2.13. The van der Waals surface area contributed by atoms with Crippen LogP contribution >= 0.6 is 0 Å². The minimum absolute atomic E-state index is 0.0397. The molecule has 26 heavy (non-hydrogen) atoms. The number of amides is 1. The van der Waals surface area contributed by atoms with Gasteiger partial charge in [-0.15, -0.1) is 0 Å². The number of carbonyl (C=O) groups excluding carboxylic acids is 3. The van der Waals surface area contributed by atoms with Gasteiger partial charge in [0.25, 0.3) is 5.91 Å². The number of nitrogens with zero attached hydrogens (tertiary/aromatic N) is 2. The second kappa shape index (κ2) is 8.42. The van der Waals surface area contributed by atoms with E-state index < -0.39 is 18.0 Å². The number of esters is 1. The van der Waals surface area contributed by atoms with Crippen molar-refractivity contribution in [1.82, 2.24) is 9.78 Å². The lowest BCUT2D eigenvalue weighted by molar-refractivity contribution is -0.153. The van der Waals surface area contributed by atoms with Crippen LogP contribution in [0.1, 0.15) is 41.5 Å². The van der Waals surface area contributed by atoms with E-state index in [0.29, 0.717) is 16.9 Å². The first-order valence-electron chi connectivity index (χ1n) is 8.38. The molecule has 0 radical (unpaired) electrons. The fourth-order valence-electron chi connectivity index (χ4n) is 2.47. The second-order valence-corrected chi connectivity index (χ2v) is 6.08. The number of ether oxygens (including phenoxy) is 1. The minimum atomic E-state index is -0.965. The van der Waals surface area contributed by atoms with Gasteiger partial charge in [0.2, 0.25) is 0 Å². The van der Waals surface area contributed by atoms with Gasteiger partial charge in [0.15, 0.2) is 11.9 Å². The van der Waals surface area contributed by atoms with Crippen molar-refractivity contribution in [2.24, 2.45) is 7.05 Å². The number of aryl methyl sites for hydroxylation is 2. The van der Waals surface area contributed by atoms with Crippen molar-refractivity contribution in [3.8, 4) is 0 Å². The number of Topliss-reactive ketones (excluding diaryl/α,β-unsaturated/α-hetero) is 1. The summed E-state index contributed by atoms with van der Waals surface area (Å²) in [4.78, 5) is 36.1. The van der Waals surface area contributed by atoms with Crippen LogP contribution in [0.2, 0.25) is 0 Å². The maximum atomic E-state index is 12.2. The summed E-state index contributed by atoms with van der Waals surface area (Å²) in [6.07, 6.45) is -0.998. The molecule has 0 unspecified atom stereocenters. The highest BCUT2D eigenvalue weighted by Crippen LogP contribution is 2.18. The Morgan fingerprint density at radius 1 is 1.15 bits per heavy atom. The predicted molar refractivity (Wildman–Crippen MR) is 96.9 cm³/mol. The van der Waals surface area contributed by atoms with E-state index in [1.54, 1.807) is 42.9 Å². The zero-order valence-corrected chi connectivity index (χ0v) is 15.4. The molecule has 0 aliphatic carbocycles. The third-order valence-electron chi connectivity index (χ3n) is 4.09. The first kappa shape index (κ1) is 19.4. The number of anilines is 1. The van der Waals surface area contributed by atoms with Gasteiger partial charge in [0.1, 0.15) is 0 Å². The van der Waals surface area contributed by atoms with Gasteiger partial charge in [-0.25, -0.2) is 0 Å². The Bertz CT molecular complexity index is 812. The molecule has 2 aromatic rings. The molecule has 0 spiro atoms. The quantitative estimate of drug-likeness (QED) is 0.607. The van der Waals surface area contributed by atoms with Crippen molar-refractivity contribution in [2.75, 3.05) is 5.32 Å².